The van der Waals surface area contributed by atoms with Crippen molar-refractivity contribution in [3.8, 4) is 11.5 Å². The topological polar surface area (TPSA) is 96.3 Å². The lowest BCUT2D eigenvalue weighted by Gasteiger charge is -2.25. The Morgan fingerprint density at radius 2 is 1.82 bits per heavy atom. The highest BCUT2D eigenvalue weighted by Gasteiger charge is 2.45. The SMILES string of the molecule is COCCN1C(=O)C(=O)/C(=C(/O)c2ccc(OC)cc2)C1c1cccc(O)c1. The Bertz CT molecular complexity index is 919. The van der Waals surface area contributed by atoms with E-state index in [1.54, 1.807) is 36.4 Å². The summed E-state index contributed by atoms with van der Waals surface area (Å²) in [6, 6.07) is 12.0. The number of aliphatic hydroxyl groups excluding tert-OH is 1. The molecule has 2 aromatic rings. The third kappa shape index (κ3) is 3.57. The van der Waals surface area contributed by atoms with Gasteiger partial charge >= 0.3 is 0 Å². The van der Waals surface area contributed by atoms with Crippen molar-refractivity contribution in [1.82, 2.24) is 4.90 Å². The number of benzene rings is 2. The molecule has 28 heavy (non-hydrogen) atoms. The number of methoxy groups -OCH3 is 2. The second-order valence-corrected chi connectivity index (χ2v) is 6.31. The van der Waals surface area contributed by atoms with Crippen molar-refractivity contribution in [3.63, 3.8) is 0 Å². The van der Waals surface area contributed by atoms with Gasteiger partial charge in [0.15, 0.2) is 0 Å². The molecule has 0 aromatic heterocycles. The van der Waals surface area contributed by atoms with Crippen LogP contribution in [0, 0.1) is 0 Å². The predicted octanol–water partition coefficient (Wildman–Crippen LogP) is 2.47. The van der Waals surface area contributed by atoms with Crippen LogP contribution in [0.2, 0.25) is 0 Å². The molecule has 3 rings (SSSR count). The number of rotatable bonds is 6. The third-order valence-corrected chi connectivity index (χ3v) is 4.63. The van der Waals surface area contributed by atoms with Crippen LogP contribution in [-0.2, 0) is 14.3 Å². The zero-order valence-corrected chi connectivity index (χ0v) is 15.6. The van der Waals surface area contributed by atoms with Gasteiger partial charge in [-0.25, -0.2) is 0 Å². The van der Waals surface area contributed by atoms with Gasteiger partial charge in [-0.1, -0.05) is 12.1 Å². The lowest BCUT2D eigenvalue weighted by Crippen LogP contribution is -2.32. The summed E-state index contributed by atoms with van der Waals surface area (Å²) in [5.41, 5.74) is 0.873. The third-order valence-electron chi connectivity index (χ3n) is 4.63. The average Bonchev–Trinajstić information content (AvgIpc) is 2.96. The first-order valence-corrected chi connectivity index (χ1v) is 8.68. The number of nitrogens with zero attached hydrogens (tertiary/aromatic N) is 1. The monoisotopic (exact) mass is 383 g/mol. The van der Waals surface area contributed by atoms with Crippen LogP contribution in [0.5, 0.6) is 11.5 Å². The van der Waals surface area contributed by atoms with Gasteiger partial charge in [-0.2, -0.15) is 0 Å². The molecule has 0 spiro atoms. The zero-order valence-electron chi connectivity index (χ0n) is 15.6. The molecule has 1 unspecified atom stereocenters. The van der Waals surface area contributed by atoms with Gasteiger partial charge in [0.05, 0.1) is 25.3 Å². The summed E-state index contributed by atoms with van der Waals surface area (Å²) in [7, 11) is 3.02. The highest BCUT2D eigenvalue weighted by molar-refractivity contribution is 6.46. The Hall–Kier alpha value is -3.32. The molecule has 0 radical (unpaired) electrons. The normalized spacial score (nSPS) is 18.5. The summed E-state index contributed by atoms with van der Waals surface area (Å²) < 4.78 is 10.2. The fraction of sp³-hybridized carbons (Fsp3) is 0.238. The molecule has 7 nitrogen and oxygen atoms in total. The van der Waals surface area contributed by atoms with Gasteiger partial charge in [0.1, 0.15) is 17.3 Å². The Morgan fingerprint density at radius 3 is 2.43 bits per heavy atom. The molecular formula is C21H21NO6. The van der Waals surface area contributed by atoms with Crippen molar-refractivity contribution in [2.24, 2.45) is 0 Å². The summed E-state index contributed by atoms with van der Waals surface area (Å²) in [5.74, 6) is -1.19. The fourth-order valence-electron chi connectivity index (χ4n) is 3.25. The highest BCUT2D eigenvalue weighted by Crippen LogP contribution is 2.40. The van der Waals surface area contributed by atoms with E-state index < -0.39 is 17.7 Å². The molecule has 1 fully saturated rings. The van der Waals surface area contributed by atoms with Gasteiger partial charge in [-0.3, -0.25) is 9.59 Å². The lowest BCUT2D eigenvalue weighted by molar-refractivity contribution is -0.140. The molecular weight excluding hydrogens is 362 g/mol. The molecule has 1 saturated heterocycles. The number of hydrogen-bond acceptors (Lipinski definition) is 6. The molecule has 146 valence electrons. The number of ether oxygens (including phenoxy) is 2. The number of aliphatic hydroxyl groups is 1. The van der Waals surface area contributed by atoms with Crippen LogP contribution in [0.25, 0.3) is 5.76 Å². The molecule has 1 aliphatic rings. The molecule has 1 atom stereocenters. The van der Waals surface area contributed by atoms with E-state index in [0.29, 0.717) is 16.9 Å². The van der Waals surface area contributed by atoms with Crippen molar-refractivity contribution in [3.05, 3.63) is 65.2 Å². The number of likely N-dealkylation sites (tertiary alicyclic amines) is 1. The van der Waals surface area contributed by atoms with Crippen molar-refractivity contribution in [1.29, 1.82) is 0 Å². The van der Waals surface area contributed by atoms with E-state index in [0.717, 1.165) is 0 Å². The van der Waals surface area contributed by atoms with Gasteiger partial charge in [-0.05, 0) is 42.0 Å². The van der Waals surface area contributed by atoms with Gasteiger partial charge in [0.25, 0.3) is 11.7 Å². The maximum absolute atomic E-state index is 12.7. The second kappa shape index (κ2) is 8.14. The molecule has 0 aliphatic carbocycles. The number of carbonyl (C=O) groups is 2. The average molecular weight is 383 g/mol. The van der Waals surface area contributed by atoms with Crippen molar-refractivity contribution in [2.45, 2.75) is 6.04 Å². The maximum Gasteiger partial charge on any atom is 0.295 e. The van der Waals surface area contributed by atoms with Crippen molar-refractivity contribution < 1.29 is 29.3 Å². The first kappa shape index (κ1) is 19.4. The number of hydrogen-bond donors (Lipinski definition) is 2. The van der Waals surface area contributed by atoms with Crippen LogP contribution in [0.15, 0.2) is 54.1 Å². The van der Waals surface area contributed by atoms with Gasteiger partial charge in [0, 0.05) is 19.2 Å². The Kier molecular flexibility index (Phi) is 5.65. The molecule has 1 aliphatic heterocycles. The minimum absolute atomic E-state index is 0.000670. The van der Waals surface area contributed by atoms with E-state index in [1.165, 1.54) is 31.3 Å². The van der Waals surface area contributed by atoms with Crippen LogP contribution in [-0.4, -0.2) is 54.2 Å². The summed E-state index contributed by atoms with van der Waals surface area (Å²) in [5, 5.41) is 20.7. The van der Waals surface area contributed by atoms with Gasteiger partial charge < -0.3 is 24.6 Å². The van der Waals surface area contributed by atoms with E-state index in [4.69, 9.17) is 9.47 Å². The van der Waals surface area contributed by atoms with E-state index in [-0.39, 0.29) is 30.2 Å². The quantitative estimate of drug-likeness (QED) is 0.452. The minimum Gasteiger partial charge on any atom is -0.508 e. The summed E-state index contributed by atoms with van der Waals surface area (Å²) in [6.45, 7) is 0.395. The number of Topliss-reactive ketones (excluding diaryl/α,β-unsaturated/α-hetero) is 1. The summed E-state index contributed by atoms with van der Waals surface area (Å²) in [6.07, 6.45) is 0. The second-order valence-electron chi connectivity index (χ2n) is 6.31. The number of phenolic OH excluding ortho intramolecular Hbond substituents is 1. The number of aromatic hydroxyl groups is 1. The van der Waals surface area contributed by atoms with Crippen molar-refractivity contribution in [2.75, 3.05) is 27.4 Å². The van der Waals surface area contributed by atoms with Gasteiger partial charge in [-0.15, -0.1) is 0 Å². The summed E-state index contributed by atoms with van der Waals surface area (Å²) in [4.78, 5) is 26.7. The van der Waals surface area contributed by atoms with Crippen LogP contribution >= 0.6 is 0 Å². The zero-order chi connectivity index (χ0) is 20.3. The van der Waals surface area contributed by atoms with E-state index in [2.05, 4.69) is 0 Å². The standard InChI is InChI=1S/C21H21NO6/c1-27-11-10-22-18(14-4-3-5-15(23)12-14)17(20(25)21(22)26)19(24)13-6-8-16(28-2)9-7-13/h3-9,12,18,23-24H,10-11H2,1-2H3/b19-17+. The fourth-order valence-corrected chi connectivity index (χ4v) is 3.25. The number of ketones is 1. The molecule has 1 heterocycles. The number of amides is 1. The van der Waals surface area contributed by atoms with E-state index in [1.807, 2.05) is 0 Å². The molecule has 2 aromatic carbocycles. The molecule has 0 bridgehead atoms. The van der Waals surface area contributed by atoms with Crippen LogP contribution in [0.3, 0.4) is 0 Å². The first-order valence-electron chi connectivity index (χ1n) is 8.68. The highest BCUT2D eigenvalue weighted by atomic mass is 16.5. The van der Waals surface area contributed by atoms with Crippen LogP contribution in [0.4, 0.5) is 0 Å². The Balaban J connectivity index is 2.14. The molecule has 2 N–H and O–H groups in total. The van der Waals surface area contributed by atoms with E-state index >= 15 is 0 Å². The van der Waals surface area contributed by atoms with Crippen LogP contribution in [0.1, 0.15) is 17.2 Å². The Morgan fingerprint density at radius 1 is 1.11 bits per heavy atom. The molecule has 1 amide bonds. The Labute approximate surface area is 162 Å². The maximum atomic E-state index is 12.7. The van der Waals surface area contributed by atoms with Crippen LogP contribution < -0.4 is 4.74 Å². The molecule has 0 saturated carbocycles. The lowest BCUT2D eigenvalue weighted by atomic mass is 9.95. The number of phenols is 1. The van der Waals surface area contributed by atoms with E-state index in [9.17, 15) is 19.8 Å². The smallest absolute Gasteiger partial charge is 0.295 e. The van der Waals surface area contributed by atoms with Gasteiger partial charge in [0.2, 0.25) is 0 Å². The molecule has 7 heteroatoms. The largest absolute Gasteiger partial charge is 0.508 e. The summed E-state index contributed by atoms with van der Waals surface area (Å²) >= 11 is 0. The van der Waals surface area contributed by atoms with Crippen molar-refractivity contribution >= 4 is 17.4 Å². The minimum atomic E-state index is -0.829. The number of carbonyl (C=O) groups excluding carboxylic acids is 2. The predicted molar refractivity (Wildman–Crippen MR) is 102 cm³/mol. The first-order chi connectivity index (χ1) is 13.5.